The van der Waals surface area contributed by atoms with Crippen LogP contribution in [0.1, 0.15) is 21.5 Å². The Hall–Kier alpha value is -3.68. The van der Waals surface area contributed by atoms with Gasteiger partial charge in [-0.3, -0.25) is 4.79 Å². The van der Waals surface area contributed by atoms with E-state index in [-0.39, 0.29) is 11.3 Å². The van der Waals surface area contributed by atoms with Crippen LogP contribution in [0, 0.1) is 5.82 Å². The van der Waals surface area contributed by atoms with E-state index in [1.807, 2.05) is 6.07 Å². The standard InChI is InChI=1S/C21H14F4N2O2/c22-19-14(7-6-11-17(19)21(23,24)25)13-26-27-20(28)16-10-4-5-12-18(16)29-15-8-2-1-3-9-15/h1-13H,(H,27,28)/b26-13+. The molecule has 0 aliphatic heterocycles. The molecule has 8 heteroatoms. The van der Waals surface area contributed by atoms with Crippen LogP contribution in [0.15, 0.2) is 77.9 Å². The number of nitrogens with one attached hydrogen (secondary N) is 1. The summed E-state index contributed by atoms with van der Waals surface area (Å²) < 4.78 is 57.9. The normalized spacial score (nSPS) is 11.4. The first-order valence-corrected chi connectivity index (χ1v) is 8.37. The minimum atomic E-state index is -4.83. The van der Waals surface area contributed by atoms with Crippen molar-refractivity contribution in [3.05, 3.63) is 95.3 Å². The number of carbonyl (C=O) groups excluding carboxylic acids is 1. The lowest BCUT2D eigenvalue weighted by Crippen LogP contribution is -2.18. The average molecular weight is 402 g/mol. The predicted octanol–water partition coefficient (Wildman–Crippen LogP) is 5.40. The topological polar surface area (TPSA) is 50.7 Å². The number of alkyl halides is 3. The molecule has 3 aromatic carbocycles. The second kappa shape index (κ2) is 8.55. The Labute approximate surface area is 163 Å². The Bertz CT molecular complexity index is 1030. The highest BCUT2D eigenvalue weighted by Gasteiger charge is 2.34. The van der Waals surface area contributed by atoms with Crippen molar-refractivity contribution in [2.24, 2.45) is 5.10 Å². The zero-order valence-electron chi connectivity index (χ0n) is 14.8. The fourth-order valence-corrected chi connectivity index (χ4v) is 2.45. The van der Waals surface area contributed by atoms with E-state index in [4.69, 9.17) is 4.74 Å². The number of ether oxygens (including phenoxy) is 1. The van der Waals surface area contributed by atoms with Gasteiger partial charge >= 0.3 is 6.18 Å². The molecule has 0 saturated carbocycles. The van der Waals surface area contributed by atoms with Gasteiger partial charge in [0, 0.05) is 5.56 Å². The molecule has 0 bridgehead atoms. The van der Waals surface area contributed by atoms with Crippen LogP contribution in [-0.4, -0.2) is 12.1 Å². The van der Waals surface area contributed by atoms with Crippen molar-refractivity contribution in [2.75, 3.05) is 0 Å². The number of carbonyl (C=O) groups is 1. The quantitative estimate of drug-likeness (QED) is 0.353. The first-order valence-electron chi connectivity index (χ1n) is 8.37. The van der Waals surface area contributed by atoms with Crippen LogP contribution in [0.2, 0.25) is 0 Å². The van der Waals surface area contributed by atoms with Gasteiger partial charge in [0.05, 0.1) is 17.3 Å². The lowest BCUT2D eigenvalue weighted by Gasteiger charge is -2.10. The number of hydrazone groups is 1. The van der Waals surface area contributed by atoms with Crippen LogP contribution >= 0.6 is 0 Å². The second-order valence-corrected chi connectivity index (χ2v) is 5.82. The van der Waals surface area contributed by atoms with Crippen molar-refractivity contribution in [1.82, 2.24) is 5.43 Å². The molecule has 3 aromatic rings. The Morgan fingerprint density at radius 3 is 2.34 bits per heavy atom. The van der Waals surface area contributed by atoms with Crippen LogP contribution < -0.4 is 10.2 Å². The number of rotatable bonds is 5. The molecule has 3 rings (SSSR count). The van der Waals surface area contributed by atoms with E-state index in [0.29, 0.717) is 11.8 Å². The monoisotopic (exact) mass is 402 g/mol. The van der Waals surface area contributed by atoms with Crippen LogP contribution in [0.5, 0.6) is 11.5 Å². The van der Waals surface area contributed by atoms with Crippen molar-refractivity contribution in [3.8, 4) is 11.5 Å². The third-order valence-electron chi connectivity index (χ3n) is 3.81. The largest absolute Gasteiger partial charge is 0.457 e. The van der Waals surface area contributed by atoms with Crippen molar-refractivity contribution < 1.29 is 27.1 Å². The Balaban J connectivity index is 1.75. The van der Waals surface area contributed by atoms with E-state index in [2.05, 4.69) is 10.5 Å². The van der Waals surface area contributed by atoms with Gasteiger partial charge in [0.25, 0.3) is 5.91 Å². The molecule has 1 N–H and O–H groups in total. The summed E-state index contributed by atoms with van der Waals surface area (Å²) >= 11 is 0. The molecule has 148 valence electrons. The third kappa shape index (κ3) is 4.98. The van der Waals surface area contributed by atoms with Gasteiger partial charge < -0.3 is 4.74 Å². The molecule has 0 fully saturated rings. The highest BCUT2D eigenvalue weighted by Crippen LogP contribution is 2.32. The number of hydrogen-bond donors (Lipinski definition) is 1. The molecule has 0 aliphatic carbocycles. The van der Waals surface area contributed by atoms with E-state index in [9.17, 15) is 22.4 Å². The number of nitrogens with zero attached hydrogens (tertiary/aromatic N) is 1. The number of halogens is 4. The van der Waals surface area contributed by atoms with Crippen LogP contribution in [0.25, 0.3) is 0 Å². The van der Waals surface area contributed by atoms with E-state index in [0.717, 1.165) is 18.3 Å². The fraction of sp³-hybridized carbons (Fsp3) is 0.0476. The maximum absolute atomic E-state index is 14.0. The lowest BCUT2D eigenvalue weighted by atomic mass is 10.1. The van der Waals surface area contributed by atoms with Crippen molar-refractivity contribution in [3.63, 3.8) is 0 Å². The van der Waals surface area contributed by atoms with Crippen LogP contribution in [0.4, 0.5) is 17.6 Å². The third-order valence-corrected chi connectivity index (χ3v) is 3.81. The van der Waals surface area contributed by atoms with E-state index >= 15 is 0 Å². The maximum Gasteiger partial charge on any atom is 0.419 e. The van der Waals surface area contributed by atoms with E-state index in [1.165, 1.54) is 6.07 Å². The van der Waals surface area contributed by atoms with Gasteiger partial charge in [-0.1, -0.05) is 42.5 Å². The molecule has 0 atom stereocenters. The Morgan fingerprint density at radius 2 is 1.62 bits per heavy atom. The molecule has 0 aromatic heterocycles. The first-order chi connectivity index (χ1) is 13.9. The summed E-state index contributed by atoms with van der Waals surface area (Å²) in [5.41, 5.74) is 0.496. The molecule has 4 nitrogen and oxygen atoms in total. The molecule has 0 aliphatic rings. The molecule has 29 heavy (non-hydrogen) atoms. The van der Waals surface area contributed by atoms with Crippen LogP contribution in [-0.2, 0) is 6.18 Å². The molecule has 0 saturated heterocycles. The summed E-state index contributed by atoms with van der Waals surface area (Å²) in [7, 11) is 0. The van der Waals surface area contributed by atoms with Crippen molar-refractivity contribution in [2.45, 2.75) is 6.18 Å². The Kier molecular flexibility index (Phi) is 5.92. The summed E-state index contributed by atoms with van der Waals surface area (Å²) in [5.74, 6) is -1.36. The van der Waals surface area contributed by atoms with Gasteiger partial charge in [0.15, 0.2) is 0 Å². The van der Waals surface area contributed by atoms with E-state index in [1.54, 1.807) is 42.5 Å². The van der Waals surface area contributed by atoms with Gasteiger partial charge in [-0.15, -0.1) is 0 Å². The summed E-state index contributed by atoms with van der Waals surface area (Å²) in [6, 6.07) is 17.9. The minimum Gasteiger partial charge on any atom is -0.457 e. The number of hydrogen-bond acceptors (Lipinski definition) is 3. The fourth-order valence-electron chi connectivity index (χ4n) is 2.45. The molecule has 0 unspecified atom stereocenters. The summed E-state index contributed by atoms with van der Waals surface area (Å²) in [4.78, 5) is 12.4. The average Bonchev–Trinajstić information content (AvgIpc) is 2.69. The van der Waals surface area contributed by atoms with Gasteiger partial charge in [-0.25, -0.2) is 9.82 Å². The minimum absolute atomic E-state index is 0.151. The second-order valence-electron chi connectivity index (χ2n) is 5.82. The highest BCUT2D eigenvalue weighted by atomic mass is 19.4. The summed E-state index contributed by atoms with van der Waals surface area (Å²) in [5, 5.41) is 3.56. The van der Waals surface area contributed by atoms with Crippen molar-refractivity contribution >= 4 is 12.1 Å². The van der Waals surface area contributed by atoms with Gasteiger partial charge in [0.1, 0.15) is 17.3 Å². The highest BCUT2D eigenvalue weighted by molar-refractivity contribution is 5.97. The van der Waals surface area contributed by atoms with Crippen LogP contribution in [0.3, 0.4) is 0 Å². The number of para-hydroxylation sites is 2. The smallest absolute Gasteiger partial charge is 0.419 e. The molecule has 0 spiro atoms. The Morgan fingerprint density at radius 1 is 0.931 bits per heavy atom. The lowest BCUT2D eigenvalue weighted by molar-refractivity contribution is -0.140. The SMILES string of the molecule is O=C(N/N=C/c1cccc(C(F)(F)F)c1F)c1ccccc1Oc1ccccc1. The zero-order chi connectivity index (χ0) is 20.9. The zero-order valence-corrected chi connectivity index (χ0v) is 14.8. The van der Waals surface area contributed by atoms with Gasteiger partial charge in [0.2, 0.25) is 0 Å². The molecule has 0 heterocycles. The first kappa shape index (κ1) is 20.1. The van der Waals surface area contributed by atoms with Gasteiger partial charge in [-0.05, 0) is 30.3 Å². The molecular weight excluding hydrogens is 388 g/mol. The maximum atomic E-state index is 14.0. The van der Waals surface area contributed by atoms with Crippen molar-refractivity contribution in [1.29, 1.82) is 0 Å². The number of amides is 1. The van der Waals surface area contributed by atoms with E-state index < -0.39 is 29.0 Å². The molecule has 1 amide bonds. The summed E-state index contributed by atoms with van der Waals surface area (Å²) in [6.45, 7) is 0. The predicted molar refractivity (Wildman–Crippen MR) is 99.4 cm³/mol. The van der Waals surface area contributed by atoms with Gasteiger partial charge in [-0.2, -0.15) is 18.3 Å². The molecule has 0 radical (unpaired) electrons. The summed E-state index contributed by atoms with van der Waals surface area (Å²) in [6.07, 6.45) is -4.02. The molecular formula is C21H14F4N2O2. The number of benzene rings is 3.